The number of carbonyl (C=O) groups excluding carboxylic acids is 1. The second kappa shape index (κ2) is 7.68. The Kier molecular flexibility index (Phi) is 6.07. The Morgan fingerprint density at radius 2 is 1.83 bits per heavy atom. The summed E-state index contributed by atoms with van der Waals surface area (Å²) in [6, 6.07) is 17.6. The van der Waals surface area contributed by atoms with Crippen molar-refractivity contribution in [3.05, 3.63) is 70.2 Å². The van der Waals surface area contributed by atoms with Gasteiger partial charge in [0.15, 0.2) is 0 Å². The predicted octanol–water partition coefficient (Wildman–Crippen LogP) is 4.31. The number of nitrogens with one attached hydrogen (secondary N) is 1. The first kappa shape index (κ1) is 19.0. The first-order valence-electron chi connectivity index (χ1n) is 7.90. The molecule has 3 N–H and O–H groups in total. The van der Waals surface area contributed by atoms with Crippen LogP contribution in [0.5, 0.6) is 0 Å². The maximum Gasteiger partial charge on any atom is 0.225 e. The normalized spacial score (nSPS) is 17.3. The van der Waals surface area contributed by atoms with E-state index in [1.54, 1.807) is 0 Å². The van der Waals surface area contributed by atoms with Gasteiger partial charge in [-0.1, -0.05) is 65.3 Å². The summed E-state index contributed by atoms with van der Waals surface area (Å²) in [7, 11) is 0. The molecule has 1 fully saturated rings. The third-order valence-corrected chi connectivity index (χ3v) is 5.12. The summed E-state index contributed by atoms with van der Waals surface area (Å²) in [5.41, 5.74) is 8.20. The summed E-state index contributed by atoms with van der Waals surface area (Å²) in [6.07, 6.45) is 1.95. The molecule has 1 saturated carbocycles. The second-order valence-corrected chi connectivity index (χ2v) is 7.22. The molecule has 0 aliphatic heterocycles. The first-order chi connectivity index (χ1) is 11.0. The van der Waals surface area contributed by atoms with Gasteiger partial charge < -0.3 is 11.1 Å². The smallest absolute Gasteiger partial charge is 0.225 e. The van der Waals surface area contributed by atoms with Gasteiger partial charge in [-0.3, -0.25) is 4.79 Å². The van der Waals surface area contributed by atoms with Crippen LogP contribution >= 0.6 is 28.3 Å². The Hall–Kier alpha value is -1.36. The highest BCUT2D eigenvalue weighted by molar-refractivity contribution is 9.10. The number of carbonyl (C=O) groups is 1. The number of hydrogen-bond donors (Lipinski definition) is 2. The summed E-state index contributed by atoms with van der Waals surface area (Å²) in [5, 5.41) is 3.22. The monoisotopic (exact) mass is 408 g/mol. The van der Waals surface area contributed by atoms with Gasteiger partial charge in [-0.05, 0) is 36.1 Å². The standard InChI is InChI=1S/C19H21BrN2O.ClH/c1-13(17(21)14-6-3-2-4-7-14)18(23)22-19(10-11-19)15-8-5-9-16(20)12-15;/h2-9,12-13,17H,10-11,21H2,1H3,(H,22,23);1H. The third kappa shape index (κ3) is 4.00. The van der Waals surface area contributed by atoms with Crippen molar-refractivity contribution in [3.63, 3.8) is 0 Å². The molecule has 0 radical (unpaired) electrons. The number of hydrogen-bond acceptors (Lipinski definition) is 2. The molecule has 2 unspecified atom stereocenters. The lowest BCUT2D eigenvalue weighted by atomic mass is 9.93. The van der Waals surface area contributed by atoms with Gasteiger partial charge in [-0.15, -0.1) is 12.4 Å². The molecule has 3 rings (SSSR count). The summed E-state index contributed by atoms with van der Waals surface area (Å²) < 4.78 is 1.03. The van der Waals surface area contributed by atoms with Crippen molar-refractivity contribution < 1.29 is 4.79 Å². The number of rotatable bonds is 5. The van der Waals surface area contributed by atoms with E-state index in [1.165, 1.54) is 0 Å². The Morgan fingerprint density at radius 1 is 1.17 bits per heavy atom. The molecule has 0 saturated heterocycles. The second-order valence-electron chi connectivity index (χ2n) is 6.31. The number of halogens is 2. The van der Waals surface area contributed by atoms with Crippen LogP contribution in [0.25, 0.3) is 0 Å². The van der Waals surface area contributed by atoms with E-state index in [4.69, 9.17) is 5.73 Å². The average molecular weight is 410 g/mol. The Bertz CT molecular complexity index is 704. The van der Waals surface area contributed by atoms with E-state index in [1.807, 2.05) is 49.4 Å². The molecule has 0 spiro atoms. The van der Waals surface area contributed by atoms with E-state index >= 15 is 0 Å². The Morgan fingerprint density at radius 3 is 2.42 bits per heavy atom. The molecule has 2 aromatic carbocycles. The fourth-order valence-electron chi connectivity index (χ4n) is 2.87. The van der Waals surface area contributed by atoms with Crippen LogP contribution < -0.4 is 11.1 Å². The third-order valence-electron chi connectivity index (χ3n) is 4.63. The van der Waals surface area contributed by atoms with Crippen LogP contribution in [0.3, 0.4) is 0 Å². The topological polar surface area (TPSA) is 55.1 Å². The molecule has 0 aromatic heterocycles. The van der Waals surface area contributed by atoms with Crippen LogP contribution in [0.4, 0.5) is 0 Å². The zero-order valence-electron chi connectivity index (χ0n) is 13.5. The molecular weight excluding hydrogens is 388 g/mol. The molecular formula is C19H22BrClN2O. The van der Waals surface area contributed by atoms with E-state index in [9.17, 15) is 4.79 Å². The van der Waals surface area contributed by atoms with Crippen LogP contribution in [0, 0.1) is 5.92 Å². The minimum Gasteiger partial charge on any atom is -0.346 e. The molecule has 0 bridgehead atoms. The fraction of sp³-hybridized carbons (Fsp3) is 0.316. The van der Waals surface area contributed by atoms with Crippen molar-refractivity contribution in [3.8, 4) is 0 Å². The minimum absolute atomic E-state index is 0. The Balaban J connectivity index is 0.00000208. The molecule has 24 heavy (non-hydrogen) atoms. The average Bonchev–Trinajstić information content (AvgIpc) is 3.35. The number of benzene rings is 2. The largest absolute Gasteiger partial charge is 0.346 e. The summed E-state index contributed by atoms with van der Waals surface area (Å²) in [5.74, 6) is -0.263. The van der Waals surface area contributed by atoms with E-state index in [-0.39, 0.29) is 35.8 Å². The summed E-state index contributed by atoms with van der Waals surface area (Å²) in [6.45, 7) is 1.89. The van der Waals surface area contributed by atoms with E-state index in [2.05, 4.69) is 33.4 Å². The molecule has 128 valence electrons. The maximum absolute atomic E-state index is 12.7. The zero-order chi connectivity index (χ0) is 16.4. The lowest BCUT2D eigenvalue weighted by Gasteiger charge is -2.24. The quantitative estimate of drug-likeness (QED) is 0.773. The zero-order valence-corrected chi connectivity index (χ0v) is 15.9. The van der Waals surface area contributed by atoms with Crippen molar-refractivity contribution in [1.82, 2.24) is 5.32 Å². The maximum atomic E-state index is 12.7. The SMILES string of the molecule is CC(C(=O)NC1(c2cccc(Br)c2)CC1)C(N)c1ccccc1.Cl. The Labute approximate surface area is 157 Å². The molecule has 0 heterocycles. The molecule has 1 aliphatic rings. The molecule has 3 nitrogen and oxygen atoms in total. The molecule has 5 heteroatoms. The minimum atomic E-state index is -0.297. The highest BCUT2D eigenvalue weighted by atomic mass is 79.9. The van der Waals surface area contributed by atoms with Gasteiger partial charge in [0.1, 0.15) is 0 Å². The van der Waals surface area contributed by atoms with Crippen LogP contribution in [-0.2, 0) is 10.3 Å². The van der Waals surface area contributed by atoms with Crippen molar-refractivity contribution in [2.24, 2.45) is 11.7 Å². The number of nitrogens with two attached hydrogens (primary N) is 1. The molecule has 1 aliphatic carbocycles. The van der Waals surface area contributed by atoms with Gasteiger partial charge in [0.05, 0.1) is 11.5 Å². The van der Waals surface area contributed by atoms with Crippen molar-refractivity contribution >= 4 is 34.2 Å². The molecule has 1 amide bonds. The van der Waals surface area contributed by atoms with Gasteiger partial charge in [0.25, 0.3) is 0 Å². The van der Waals surface area contributed by atoms with Crippen molar-refractivity contribution in [2.45, 2.75) is 31.3 Å². The predicted molar refractivity (Wildman–Crippen MR) is 103 cm³/mol. The van der Waals surface area contributed by atoms with Crippen LogP contribution in [0.15, 0.2) is 59.1 Å². The summed E-state index contributed by atoms with van der Waals surface area (Å²) >= 11 is 3.50. The highest BCUT2D eigenvalue weighted by Gasteiger charge is 2.46. The van der Waals surface area contributed by atoms with Crippen molar-refractivity contribution in [2.75, 3.05) is 0 Å². The van der Waals surface area contributed by atoms with Gasteiger partial charge in [0.2, 0.25) is 5.91 Å². The first-order valence-corrected chi connectivity index (χ1v) is 8.70. The van der Waals surface area contributed by atoms with Gasteiger partial charge in [-0.2, -0.15) is 0 Å². The molecule has 2 atom stereocenters. The van der Waals surface area contributed by atoms with Crippen molar-refractivity contribution in [1.29, 1.82) is 0 Å². The highest BCUT2D eigenvalue weighted by Crippen LogP contribution is 2.46. The van der Waals surface area contributed by atoms with Crippen LogP contribution in [0.1, 0.15) is 36.9 Å². The van der Waals surface area contributed by atoms with Gasteiger partial charge in [-0.25, -0.2) is 0 Å². The summed E-state index contributed by atoms with van der Waals surface area (Å²) in [4.78, 5) is 12.7. The van der Waals surface area contributed by atoms with Gasteiger partial charge in [0, 0.05) is 10.5 Å². The van der Waals surface area contributed by atoms with E-state index < -0.39 is 0 Å². The van der Waals surface area contributed by atoms with Crippen LogP contribution in [-0.4, -0.2) is 5.91 Å². The molecule has 2 aromatic rings. The number of amides is 1. The fourth-order valence-corrected chi connectivity index (χ4v) is 3.27. The lowest BCUT2D eigenvalue weighted by Crippen LogP contribution is -2.41. The lowest BCUT2D eigenvalue weighted by molar-refractivity contribution is -0.126. The van der Waals surface area contributed by atoms with E-state index in [0.29, 0.717) is 0 Å². The van der Waals surface area contributed by atoms with Gasteiger partial charge >= 0.3 is 0 Å². The van der Waals surface area contributed by atoms with E-state index in [0.717, 1.165) is 28.4 Å². The van der Waals surface area contributed by atoms with Crippen LogP contribution in [0.2, 0.25) is 0 Å².